The molecule has 0 fully saturated rings. The topological polar surface area (TPSA) is 52.9 Å². The van der Waals surface area contributed by atoms with Crippen LogP contribution in [-0.4, -0.2) is 5.91 Å². The Kier molecular flexibility index (Phi) is 3.94. The zero-order valence-corrected chi connectivity index (χ0v) is 10.7. The molecular formula is C16H14N2O. The second-order valence-electron chi connectivity index (χ2n) is 4.28. The van der Waals surface area contributed by atoms with E-state index in [2.05, 4.69) is 24.4 Å². The maximum atomic E-state index is 11.3. The van der Waals surface area contributed by atoms with Gasteiger partial charge in [0.25, 0.3) is 0 Å². The van der Waals surface area contributed by atoms with E-state index in [0.29, 0.717) is 5.69 Å². The van der Waals surface area contributed by atoms with Gasteiger partial charge >= 0.3 is 0 Å². The highest BCUT2D eigenvalue weighted by Gasteiger charge is 2.03. The number of nitrogens with zero attached hydrogens (tertiary/aromatic N) is 1. The van der Waals surface area contributed by atoms with Gasteiger partial charge in [-0.25, -0.2) is 0 Å². The fraction of sp³-hybridized carbons (Fsp3) is 0.125. The molecule has 0 aliphatic carbocycles. The van der Waals surface area contributed by atoms with Crippen LogP contribution >= 0.6 is 0 Å². The van der Waals surface area contributed by atoms with Crippen molar-refractivity contribution >= 4 is 11.6 Å². The monoisotopic (exact) mass is 250 g/mol. The summed E-state index contributed by atoms with van der Waals surface area (Å²) in [6.45, 7) is 2.07. The number of nitriles is 1. The number of anilines is 1. The Hall–Kier alpha value is -2.60. The molecule has 0 heterocycles. The van der Waals surface area contributed by atoms with Gasteiger partial charge < -0.3 is 5.32 Å². The normalized spacial score (nSPS) is 9.68. The van der Waals surface area contributed by atoms with Gasteiger partial charge in [0.15, 0.2) is 0 Å². The highest BCUT2D eigenvalue weighted by Crippen LogP contribution is 2.24. The summed E-state index contributed by atoms with van der Waals surface area (Å²) in [5.41, 5.74) is 4.20. The number of carbonyl (C=O) groups is 1. The van der Waals surface area contributed by atoms with E-state index in [1.165, 1.54) is 11.1 Å². The minimum atomic E-state index is -0.286. The highest BCUT2D eigenvalue weighted by molar-refractivity contribution is 5.92. The van der Waals surface area contributed by atoms with Gasteiger partial charge in [0, 0.05) is 5.69 Å². The van der Waals surface area contributed by atoms with Gasteiger partial charge in [0.2, 0.25) is 5.91 Å². The average Bonchev–Trinajstić information content (AvgIpc) is 2.41. The molecule has 94 valence electrons. The first-order chi connectivity index (χ1) is 9.20. The maximum absolute atomic E-state index is 11.3. The number of hydrogen-bond donors (Lipinski definition) is 1. The first-order valence-corrected chi connectivity index (χ1v) is 6.03. The lowest BCUT2D eigenvalue weighted by Gasteiger charge is -2.07. The Morgan fingerprint density at radius 2 is 1.84 bits per heavy atom. The number of hydrogen-bond acceptors (Lipinski definition) is 2. The fourth-order valence-electron chi connectivity index (χ4n) is 1.91. The van der Waals surface area contributed by atoms with Crippen molar-refractivity contribution < 1.29 is 4.79 Å². The van der Waals surface area contributed by atoms with Gasteiger partial charge in [-0.3, -0.25) is 4.79 Å². The van der Waals surface area contributed by atoms with Crippen LogP contribution < -0.4 is 5.32 Å². The van der Waals surface area contributed by atoms with E-state index in [9.17, 15) is 4.79 Å². The van der Waals surface area contributed by atoms with Crippen LogP contribution in [0.5, 0.6) is 0 Å². The van der Waals surface area contributed by atoms with Gasteiger partial charge in [0.05, 0.1) is 6.07 Å². The van der Waals surface area contributed by atoms with Crippen LogP contribution in [0.3, 0.4) is 0 Å². The van der Waals surface area contributed by atoms with Crippen LogP contribution in [0.4, 0.5) is 5.69 Å². The predicted octanol–water partition coefficient (Wildman–Crippen LogP) is 3.51. The summed E-state index contributed by atoms with van der Waals surface area (Å²) in [4.78, 5) is 11.3. The van der Waals surface area contributed by atoms with E-state index in [-0.39, 0.29) is 12.3 Å². The molecule has 0 bridgehead atoms. The third-order valence-electron chi connectivity index (χ3n) is 2.86. The average molecular weight is 250 g/mol. The first-order valence-electron chi connectivity index (χ1n) is 6.03. The fourth-order valence-corrected chi connectivity index (χ4v) is 1.91. The number of nitrogens with one attached hydrogen (secondary N) is 1. The quantitative estimate of drug-likeness (QED) is 0.906. The summed E-state index contributed by atoms with van der Waals surface area (Å²) in [7, 11) is 0. The minimum Gasteiger partial charge on any atom is -0.325 e. The van der Waals surface area contributed by atoms with Crippen molar-refractivity contribution in [2.24, 2.45) is 0 Å². The lowest BCUT2D eigenvalue weighted by molar-refractivity contribution is -0.115. The van der Waals surface area contributed by atoms with E-state index in [0.717, 1.165) is 5.56 Å². The Morgan fingerprint density at radius 3 is 2.47 bits per heavy atom. The number of rotatable bonds is 3. The molecule has 2 aromatic carbocycles. The molecule has 0 radical (unpaired) electrons. The van der Waals surface area contributed by atoms with E-state index in [4.69, 9.17) is 5.26 Å². The van der Waals surface area contributed by atoms with Crippen molar-refractivity contribution in [3.05, 3.63) is 54.1 Å². The van der Waals surface area contributed by atoms with Crippen molar-refractivity contribution in [2.75, 3.05) is 5.32 Å². The SMILES string of the molecule is Cc1ccccc1-c1ccc(NC(=O)CC#N)cc1. The van der Waals surface area contributed by atoms with Crippen molar-refractivity contribution in [2.45, 2.75) is 13.3 Å². The molecule has 0 unspecified atom stereocenters. The Morgan fingerprint density at radius 1 is 1.16 bits per heavy atom. The molecular weight excluding hydrogens is 236 g/mol. The zero-order valence-electron chi connectivity index (χ0n) is 10.7. The molecule has 1 N–H and O–H groups in total. The molecule has 2 aromatic rings. The Labute approximate surface area is 112 Å². The predicted molar refractivity (Wildman–Crippen MR) is 75.5 cm³/mol. The standard InChI is InChI=1S/C16H14N2O/c1-12-4-2-3-5-15(12)13-6-8-14(9-7-13)18-16(19)10-11-17/h2-9H,10H2,1H3,(H,18,19). The van der Waals surface area contributed by atoms with Crippen LogP contribution in [0.15, 0.2) is 48.5 Å². The molecule has 2 rings (SSSR count). The van der Waals surface area contributed by atoms with Crippen LogP contribution in [0.2, 0.25) is 0 Å². The van der Waals surface area contributed by atoms with Crippen LogP contribution in [-0.2, 0) is 4.79 Å². The third-order valence-corrected chi connectivity index (χ3v) is 2.86. The highest BCUT2D eigenvalue weighted by atomic mass is 16.1. The molecule has 19 heavy (non-hydrogen) atoms. The van der Waals surface area contributed by atoms with Crippen molar-refractivity contribution in [3.8, 4) is 17.2 Å². The van der Waals surface area contributed by atoms with Gasteiger partial charge in [0.1, 0.15) is 6.42 Å². The zero-order chi connectivity index (χ0) is 13.7. The molecule has 3 heteroatoms. The number of benzene rings is 2. The van der Waals surface area contributed by atoms with Gasteiger partial charge in [-0.2, -0.15) is 5.26 Å². The maximum Gasteiger partial charge on any atom is 0.238 e. The summed E-state index contributed by atoms with van der Waals surface area (Å²) >= 11 is 0. The smallest absolute Gasteiger partial charge is 0.238 e. The summed E-state index contributed by atoms with van der Waals surface area (Å²) in [5, 5.41) is 11.1. The molecule has 1 amide bonds. The third kappa shape index (κ3) is 3.20. The van der Waals surface area contributed by atoms with E-state index in [1.807, 2.05) is 42.5 Å². The van der Waals surface area contributed by atoms with Crippen LogP contribution in [0.25, 0.3) is 11.1 Å². The van der Waals surface area contributed by atoms with E-state index < -0.39 is 0 Å². The number of aryl methyl sites for hydroxylation is 1. The lowest BCUT2D eigenvalue weighted by atomic mass is 10.0. The summed E-state index contributed by atoms with van der Waals surface area (Å²) in [6.07, 6.45) is -0.125. The molecule has 3 nitrogen and oxygen atoms in total. The molecule has 0 atom stereocenters. The van der Waals surface area contributed by atoms with E-state index in [1.54, 1.807) is 0 Å². The number of amides is 1. The molecule has 0 aromatic heterocycles. The van der Waals surface area contributed by atoms with Gasteiger partial charge in [-0.1, -0.05) is 36.4 Å². The number of carbonyl (C=O) groups excluding carboxylic acids is 1. The Bertz CT molecular complexity index is 624. The molecule has 0 aliphatic heterocycles. The molecule has 0 saturated carbocycles. The summed E-state index contributed by atoms with van der Waals surface area (Å²) in [5.74, 6) is -0.286. The summed E-state index contributed by atoms with van der Waals surface area (Å²) < 4.78 is 0. The van der Waals surface area contributed by atoms with Gasteiger partial charge in [-0.05, 0) is 35.7 Å². The minimum absolute atomic E-state index is 0.125. The summed E-state index contributed by atoms with van der Waals surface area (Å²) in [6, 6.07) is 17.6. The second-order valence-corrected chi connectivity index (χ2v) is 4.28. The Balaban J connectivity index is 2.18. The molecule has 0 aliphatic rings. The lowest BCUT2D eigenvalue weighted by Crippen LogP contribution is -2.09. The second kappa shape index (κ2) is 5.83. The van der Waals surface area contributed by atoms with Crippen molar-refractivity contribution in [1.82, 2.24) is 0 Å². The van der Waals surface area contributed by atoms with Crippen molar-refractivity contribution in [1.29, 1.82) is 5.26 Å². The first kappa shape index (κ1) is 12.8. The van der Waals surface area contributed by atoms with Crippen LogP contribution in [0.1, 0.15) is 12.0 Å². The van der Waals surface area contributed by atoms with Crippen molar-refractivity contribution in [3.63, 3.8) is 0 Å². The molecule has 0 spiro atoms. The van der Waals surface area contributed by atoms with Crippen LogP contribution in [0, 0.1) is 18.3 Å². The molecule has 0 saturated heterocycles. The largest absolute Gasteiger partial charge is 0.325 e. The van der Waals surface area contributed by atoms with Gasteiger partial charge in [-0.15, -0.1) is 0 Å². The van der Waals surface area contributed by atoms with E-state index >= 15 is 0 Å².